The first-order valence-corrected chi connectivity index (χ1v) is 10.0. The number of carbonyl (C=O) groups excluding carboxylic acids is 1. The largest absolute Gasteiger partial charge is 0.496 e. The van der Waals surface area contributed by atoms with E-state index in [0.717, 1.165) is 34.6 Å². The highest BCUT2D eigenvalue weighted by Gasteiger charge is 2.24. The number of hydrogen-bond acceptors (Lipinski definition) is 4. The number of furan rings is 1. The van der Waals surface area contributed by atoms with E-state index in [1.807, 2.05) is 30.3 Å². The Balaban J connectivity index is 1.63. The normalized spacial score (nSPS) is 16.4. The Bertz CT molecular complexity index is 768. The van der Waals surface area contributed by atoms with E-state index in [4.69, 9.17) is 9.15 Å². The summed E-state index contributed by atoms with van der Waals surface area (Å²) >= 11 is 3.44. The van der Waals surface area contributed by atoms with Crippen molar-refractivity contribution in [3.8, 4) is 5.75 Å². The van der Waals surface area contributed by atoms with Crippen molar-refractivity contribution >= 4 is 27.9 Å². The minimum absolute atomic E-state index is 0.0676. The van der Waals surface area contributed by atoms with Crippen LogP contribution < -0.4 is 10.1 Å². The van der Waals surface area contributed by atoms with Crippen molar-refractivity contribution in [2.75, 3.05) is 26.7 Å². The number of halogens is 1. The molecule has 1 aromatic heterocycles. The molecule has 1 fully saturated rings. The van der Waals surface area contributed by atoms with E-state index in [9.17, 15) is 4.79 Å². The van der Waals surface area contributed by atoms with Crippen LogP contribution in [0.3, 0.4) is 0 Å². The summed E-state index contributed by atoms with van der Waals surface area (Å²) in [6.45, 7) is 2.59. The Morgan fingerprint density at radius 2 is 2.15 bits per heavy atom. The SMILES string of the molecule is COc1ccc(Br)cc1/C=C/C(=O)NC[C@@H](c1ccco1)N1CCCCC1. The number of benzene rings is 1. The lowest BCUT2D eigenvalue weighted by atomic mass is 10.1. The molecule has 0 radical (unpaired) electrons. The molecule has 1 N–H and O–H groups in total. The van der Waals surface area contributed by atoms with Gasteiger partial charge in [-0.2, -0.15) is 0 Å². The van der Waals surface area contributed by atoms with Gasteiger partial charge in [0.2, 0.25) is 5.91 Å². The van der Waals surface area contributed by atoms with Gasteiger partial charge in [0.05, 0.1) is 19.4 Å². The third-order valence-electron chi connectivity index (χ3n) is 4.78. The number of rotatable bonds is 7. The Morgan fingerprint density at radius 1 is 1.33 bits per heavy atom. The Morgan fingerprint density at radius 3 is 2.85 bits per heavy atom. The van der Waals surface area contributed by atoms with E-state index in [-0.39, 0.29) is 11.9 Å². The van der Waals surface area contributed by atoms with Gasteiger partial charge >= 0.3 is 0 Å². The predicted molar refractivity (Wildman–Crippen MR) is 110 cm³/mol. The van der Waals surface area contributed by atoms with Crippen LogP contribution in [0, 0.1) is 0 Å². The summed E-state index contributed by atoms with van der Waals surface area (Å²) in [6, 6.07) is 9.63. The minimum atomic E-state index is -0.134. The number of hydrogen-bond donors (Lipinski definition) is 1. The first-order chi connectivity index (χ1) is 13.2. The van der Waals surface area contributed by atoms with Crippen molar-refractivity contribution in [3.05, 3.63) is 58.5 Å². The predicted octanol–water partition coefficient (Wildman–Crippen LogP) is 4.41. The fourth-order valence-electron chi connectivity index (χ4n) is 3.38. The Kier molecular flexibility index (Phi) is 7.12. The van der Waals surface area contributed by atoms with Gasteiger partial charge < -0.3 is 14.5 Å². The van der Waals surface area contributed by atoms with Crippen molar-refractivity contribution in [2.24, 2.45) is 0 Å². The fourth-order valence-corrected chi connectivity index (χ4v) is 3.76. The van der Waals surface area contributed by atoms with Crippen LogP contribution >= 0.6 is 15.9 Å². The lowest BCUT2D eigenvalue weighted by molar-refractivity contribution is -0.116. The van der Waals surface area contributed by atoms with E-state index in [2.05, 4.69) is 26.1 Å². The van der Waals surface area contributed by atoms with E-state index in [0.29, 0.717) is 6.54 Å². The molecule has 0 unspecified atom stereocenters. The Labute approximate surface area is 168 Å². The first kappa shape index (κ1) is 19.7. The van der Waals surface area contributed by atoms with Gasteiger partial charge in [0.25, 0.3) is 0 Å². The van der Waals surface area contributed by atoms with E-state index >= 15 is 0 Å². The summed E-state index contributed by atoms with van der Waals surface area (Å²) in [5.41, 5.74) is 0.848. The number of piperidine rings is 1. The molecule has 1 aliphatic rings. The van der Waals surface area contributed by atoms with Gasteiger partial charge in [-0.05, 0) is 62.3 Å². The molecular weight excluding hydrogens is 408 g/mol. The molecule has 5 nitrogen and oxygen atoms in total. The van der Waals surface area contributed by atoms with Crippen LogP contribution in [0.1, 0.15) is 36.6 Å². The summed E-state index contributed by atoms with van der Waals surface area (Å²) < 4.78 is 11.9. The van der Waals surface area contributed by atoms with Gasteiger partial charge in [0.15, 0.2) is 0 Å². The topological polar surface area (TPSA) is 54.7 Å². The monoisotopic (exact) mass is 432 g/mol. The highest BCUT2D eigenvalue weighted by Crippen LogP contribution is 2.25. The first-order valence-electron chi connectivity index (χ1n) is 9.24. The molecule has 144 valence electrons. The zero-order valence-electron chi connectivity index (χ0n) is 15.5. The highest BCUT2D eigenvalue weighted by atomic mass is 79.9. The second-order valence-electron chi connectivity index (χ2n) is 6.59. The van der Waals surface area contributed by atoms with E-state index in [1.165, 1.54) is 19.3 Å². The molecule has 27 heavy (non-hydrogen) atoms. The van der Waals surface area contributed by atoms with Gasteiger partial charge in [-0.25, -0.2) is 0 Å². The molecule has 0 spiro atoms. The third-order valence-corrected chi connectivity index (χ3v) is 5.27. The number of likely N-dealkylation sites (tertiary alicyclic amines) is 1. The van der Waals surface area contributed by atoms with Crippen LogP contribution in [-0.4, -0.2) is 37.6 Å². The van der Waals surface area contributed by atoms with Crippen LogP contribution in [0.15, 0.2) is 51.6 Å². The molecule has 2 heterocycles. The van der Waals surface area contributed by atoms with Crippen LogP contribution in [0.4, 0.5) is 0 Å². The smallest absolute Gasteiger partial charge is 0.244 e. The number of methoxy groups -OCH3 is 1. The van der Waals surface area contributed by atoms with E-state index < -0.39 is 0 Å². The maximum absolute atomic E-state index is 12.4. The van der Waals surface area contributed by atoms with Crippen molar-refractivity contribution in [1.29, 1.82) is 0 Å². The second kappa shape index (κ2) is 9.76. The van der Waals surface area contributed by atoms with Crippen molar-refractivity contribution in [2.45, 2.75) is 25.3 Å². The van der Waals surface area contributed by atoms with Gasteiger partial charge in [-0.3, -0.25) is 9.69 Å². The van der Waals surface area contributed by atoms with Gasteiger partial charge in [-0.15, -0.1) is 0 Å². The number of nitrogens with zero attached hydrogens (tertiary/aromatic N) is 1. The molecule has 3 rings (SSSR count). The molecule has 0 aliphatic carbocycles. The summed E-state index contributed by atoms with van der Waals surface area (Å²) in [6.07, 6.45) is 8.64. The maximum Gasteiger partial charge on any atom is 0.244 e. The molecule has 6 heteroatoms. The van der Waals surface area contributed by atoms with Crippen LogP contribution in [0.25, 0.3) is 6.08 Å². The average molecular weight is 433 g/mol. The summed E-state index contributed by atoms with van der Waals surface area (Å²) in [5.74, 6) is 1.49. The highest BCUT2D eigenvalue weighted by molar-refractivity contribution is 9.10. The van der Waals surface area contributed by atoms with Gasteiger partial charge in [0.1, 0.15) is 11.5 Å². The fraction of sp³-hybridized carbons (Fsp3) is 0.381. The molecule has 1 atom stereocenters. The molecule has 0 bridgehead atoms. The summed E-state index contributed by atoms with van der Waals surface area (Å²) in [4.78, 5) is 14.8. The number of carbonyl (C=O) groups is 1. The van der Waals surface area contributed by atoms with Crippen molar-refractivity contribution in [3.63, 3.8) is 0 Å². The average Bonchev–Trinajstić information content (AvgIpc) is 3.22. The lowest BCUT2D eigenvalue weighted by Crippen LogP contribution is -2.40. The third kappa shape index (κ3) is 5.47. The quantitative estimate of drug-likeness (QED) is 0.658. The summed E-state index contributed by atoms with van der Waals surface area (Å²) in [7, 11) is 1.62. The van der Waals surface area contributed by atoms with Crippen molar-refractivity contribution in [1.82, 2.24) is 10.2 Å². The van der Waals surface area contributed by atoms with Gasteiger partial charge in [-0.1, -0.05) is 22.4 Å². The zero-order chi connectivity index (χ0) is 19.1. The second-order valence-corrected chi connectivity index (χ2v) is 7.51. The molecular formula is C21H25BrN2O3. The molecule has 1 aromatic carbocycles. The standard InChI is InChI=1S/C21H25BrN2O3/c1-26-19-9-8-17(22)14-16(19)7-10-21(25)23-15-18(20-6-5-13-27-20)24-11-3-2-4-12-24/h5-10,13-14,18H,2-4,11-12,15H2,1H3,(H,23,25)/b10-7+/t18-/m0/s1. The van der Waals surface area contributed by atoms with Crippen LogP contribution in [-0.2, 0) is 4.79 Å². The molecule has 1 aliphatic heterocycles. The van der Waals surface area contributed by atoms with E-state index in [1.54, 1.807) is 25.5 Å². The lowest BCUT2D eigenvalue weighted by Gasteiger charge is -2.33. The molecule has 1 saturated heterocycles. The number of ether oxygens (including phenoxy) is 1. The molecule has 0 saturated carbocycles. The van der Waals surface area contributed by atoms with Crippen LogP contribution in [0.5, 0.6) is 5.75 Å². The van der Waals surface area contributed by atoms with Crippen molar-refractivity contribution < 1.29 is 13.9 Å². The zero-order valence-corrected chi connectivity index (χ0v) is 17.1. The van der Waals surface area contributed by atoms with Gasteiger partial charge in [0, 0.05) is 22.7 Å². The summed E-state index contributed by atoms with van der Waals surface area (Å²) in [5, 5.41) is 3.01. The number of nitrogens with one attached hydrogen (secondary N) is 1. The van der Waals surface area contributed by atoms with Crippen LogP contribution in [0.2, 0.25) is 0 Å². The maximum atomic E-state index is 12.4. The minimum Gasteiger partial charge on any atom is -0.496 e. The molecule has 1 amide bonds. The molecule has 2 aromatic rings. The number of amides is 1. The Hall–Kier alpha value is -2.05.